The third-order valence-corrected chi connectivity index (χ3v) is 2.18. The topological polar surface area (TPSA) is 94.8 Å². The molecule has 100 valence electrons. The Labute approximate surface area is 101 Å². The van der Waals surface area contributed by atoms with Crippen LogP contribution >= 0.6 is 0 Å². The summed E-state index contributed by atoms with van der Waals surface area (Å²) < 4.78 is 0.259. The van der Waals surface area contributed by atoms with Crippen molar-refractivity contribution in [2.75, 3.05) is 27.7 Å². The zero-order valence-electron chi connectivity index (χ0n) is 10.8. The maximum absolute atomic E-state index is 11.8. The second kappa shape index (κ2) is 5.57. The van der Waals surface area contributed by atoms with Crippen LogP contribution in [0.2, 0.25) is 0 Å². The van der Waals surface area contributed by atoms with Crippen LogP contribution in [0.3, 0.4) is 0 Å². The van der Waals surface area contributed by atoms with E-state index in [2.05, 4.69) is 0 Å². The molecule has 6 nitrogen and oxygen atoms in total. The van der Waals surface area contributed by atoms with E-state index in [1.165, 1.54) is 6.92 Å². The molecule has 0 aromatic rings. The molecule has 0 aliphatic carbocycles. The summed E-state index contributed by atoms with van der Waals surface area (Å²) in [6.07, 6.45) is -1.78. The summed E-state index contributed by atoms with van der Waals surface area (Å²) in [6, 6.07) is 0. The fourth-order valence-electron chi connectivity index (χ4n) is 1.74. The number of quaternary nitrogens is 1. The van der Waals surface area contributed by atoms with Crippen molar-refractivity contribution in [1.29, 1.82) is 0 Å². The van der Waals surface area contributed by atoms with Crippen molar-refractivity contribution in [2.45, 2.75) is 31.5 Å². The third-order valence-electron chi connectivity index (χ3n) is 2.18. The number of ketones is 1. The highest BCUT2D eigenvalue weighted by Gasteiger charge is 2.43. The molecule has 1 unspecified atom stereocenters. The first-order valence-corrected chi connectivity index (χ1v) is 5.42. The van der Waals surface area contributed by atoms with Crippen LogP contribution in [0.4, 0.5) is 0 Å². The molecule has 2 atom stereocenters. The van der Waals surface area contributed by atoms with Crippen molar-refractivity contribution >= 4 is 11.8 Å². The first kappa shape index (κ1) is 16.0. The van der Waals surface area contributed by atoms with Gasteiger partial charge in [-0.1, -0.05) is 0 Å². The molecule has 0 fully saturated rings. The van der Waals surface area contributed by atoms with Gasteiger partial charge in [-0.15, -0.1) is 0 Å². The molecular weight excluding hydrogens is 226 g/mol. The van der Waals surface area contributed by atoms with Gasteiger partial charge in [-0.05, 0) is 6.92 Å². The Balaban J connectivity index is 4.96. The summed E-state index contributed by atoms with van der Waals surface area (Å²) >= 11 is 0. The van der Waals surface area contributed by atoms with Crippen molar-refractivity contribution in [2.24, 2.45) is 0 Å². The smallest absolute Gasteiger partial charge is 0.306 e. The molecule has 0 heterocycles. The van der Waals surface area contributed by atoms with Crippen molar-refractivity contribution in [1.82, 2.24) is 0 Å². The Kier molecular flexibility index (Phi) is 5.25. The van der Waals surface area contributed by atoms with Crippen LogP contribution in [0.1, 0.15) is 19.8 Å². The number of rotatable bonds is 7. The van der Waals surface area contributed by atoms with Crippen LogP contribution < -0.4 is 0 Å². The maximum Gasteiger partial charge on any atom is 0.306 e. The Morgan fingerprint density at radius 1 is 1.29 bits per heavy atom. The van der Waals surface area contributed by atoms with Crippen LogP contribution in [0.25, 0.3) is 0 Å². The van der Waals surface area contributed by atoms with Crippen LogP contribution in [0.15, 0.2) is 0 Å². The number of aliphatic hydroxyl groups excluding tert-OH is 1. The van der Waals surface area contributed by atoms with E-state index < -0.39 is 29.9 Å². The number of aliphatic carboxylic acids is 1. The van der Waals surface area contributed by atoms with E-state index in [-0.39, 0.29) is 17.4 Å². The zero-order valence-corrected chi connectivity index (χ0v) is 10.8. The summed E-state index contributed by atoms with van der Waals surface area (Å²) in [5, 5.41) is 28.1. The first-order valence-electron chi connectivity index (χ1n) is 5.42. The lowest BCUT2D eigenvalue weighted by molar-refractivity contribution is -0.875. The molecule has 0 aromatic heterocycles. The molecule has 0 bridgehead atoms. The van der Waals surface area contributed by atoms with Gasteiger partial charge in [0, 0.05) is 6.42 Å². The van der Waals surface area contributed by atoms with Crippen LogP contribution in [-0.2, 0) is 9.59 Å². The number of Topliss-reactive ketones (excluding diaryl/α,β-unsaturated/α-hetero) is 1. The number of hydrogen-bond donors (Lipinski definition) is 3. The molecular formula is C11H22NO5+. The highest BCUT2D eigenvalue weighted by atomic mass is 16.4. The Hall–Kier alpha value is -0.980. The molecule has 0 saturated carbocycles. The minimum atomic E-state index is -1.93. The molecule has 0 aliphatic rings. The number of aliphatic hydroxyl groups is 2. The molecule has 0 aliphatic heterocycles. The number of carbonyl (C=O) groups excluding carboxylic acids is 1. The summed E-state index contributed by atoms with van der Waals surface area (Å²) in [4.78, 5) is 22.5. The van der Waals surface area contributed by atoms with E-state index in [4.69, 9.17) is 10.2 Å². The molecule has 0 radical (unpaired) electrons. The van der Waals surface area contributed by atoms with E-state index in [1.807, 2.05) is 0 Å². The van der Waals surface area contributed by atoms with Crippen LogP contribution in [0.5, 0.6) is 0 Å². The highest BCUT2D eigenvalue weighted by Crippen LogP contribution is 2.18. The Morgan fingerprint density at radius 2 is 1.76 bits per heavy atom. The van der Waals surface area contributed by atoms with Crippen molar-refractivity contribution < 1.29 is 29.4 Å². The molecule has 17 heavy (non-hydrogen) atoms. The Bertz CT molecular complexity index is 295. The van der Waals surface area contributed by atoms with Gasteiger partial charge in [-0.2, -0.15) is 0 Å². The average molecular weight is 248 g/mol. The van der Waals surface area contributed by atoms with Gasteiger partial charge in [0.2, 0.25) is 0 Å². The number of carboxylic acids is 1. The molecule has 0 saturated heterocycles. The van der Waals surface area contributed by atoms with E-state index in [1.54, 1.807) is 21.1 Å². The van der Waals surface area contributed by atoms with E-state index in [0.29, 0.717) is 0 Å². The Morgan fingerprint density at radius 3 is 2.06 bits per heavy atom. The molecule has 0 amide bonds. The quantitative estimate of drug-likeness (QED) is 0.515. The zero-order chi connectivity index (χ0) is 13.9. The van der Waals surface area contributed by atoms with Gasteiger partial charge < -0.3 is 19.8 Å². The summed E-state index contributed by atoms with van der Waals surface area (Å²) in [7, 11) is 5.26. The van der Waals surface area contributed by atoms with Crippen molar-refractivity contribution in [3.8, 4) is 0 Å². The fraction of sp³-hybridized carbons (Fsp3) is 0.818. The number of carbonyl (C=O) groups is 2. The molecule has 6 heteroatoms. The van der Waals surface area contributed by atoms with Crippen molar-refractivity contribution in [3.63, 3.8) is 0 Å². The SMILES string of the molecule is CC(O)CC(=O)[C@@](O)(CC(=O)O)C[N+](C)(C)C. The largest absolute Gasteiger partial charge is 0.481 e. The predicted molar refractivity (Wildman–Crippen MR) is 61.4 cm³/mol. The standard InChI is InChI=1S/C11H21NO5/c1-8(13)5-9(14)11(17,6-10(15)16)7-12(2,3)4/h8,13,17H,5-7H2,1-4H3/p+1/t8?,11-/m1/s1. The van der Waals surface area contributed by atoms with Gasteiger partial charge in [0.25, 0.3) is 0 Å². The number of likely N-dealkylation sites (N-methyl/N-ethyl adjacent to an activating group) is 1. The molecule has 3 N–H and O–H groups in total. The van der Waals surface area contributed by atoms with E-state index in [9.17, 15) is 14.7 Å². The van der Waals surface area contributed by atoms with Gasteiger partial charge in [0.05, 0.1) is 33.7 Å². The van der Waals surface area contributed by atoms with Crippen LogP contribution in [-0.4, -0.2) is 70.9 Å². The lowest BCUT2D eigenvalue weighted by atomic mass is 9.90. The van der Waals surface area contributed by atoms with Gasteiger partial charge in [-0.3, -0.25) is 9.59 Å². The van der Waals surface area contributed by atoms with E-state index in [0.717, 1.165) is 0 Å². The normalized spacial score (nSPS) is 17.3. The van der Waals surface area contributed by atoms with Gasteiger partial charge in [-0.25, -0.2) is 0 Å². The lowest BCUT2D eigenvalue weighted by Gasteiger charge is -2.33. The van der Waals surface area contributed by atoms with Gasteiger partial charge in [0.15, 0.2) is 11.4 Å². The molecule has 0 rings (SSSR count). The highest BCUT2D eigenvalue weighted by molar-refractivity contribution is 5.91. The summed E-state index contributed by atoms with van der Waals surface area (Å²) in [6.45, 7) is 1.41. The number of nitrogens with zero attached hydrogens (tertiary/aromatic N) is 1. The summed E-state index contributed by atoms with van der Waals surface area (Å²) in [5.74, 6) is -1.87. The van der Waals surface area contributed by atoms with Crippen molar-refractivity contribution in [3.05, 3.63) is 0 Å². The van der Waals surface area contributed by atoms with E-state index >= 15 is 0 Å². The van der Waals surface area contributed by atoms with Gasteiger partial charge in [0.1, 0.15) is 6.54 Å². The first-order chi connectivity index (χ1) is 7.46. The second-order valence-electron chi connectivity index (χ2n) is 5.53. The molecule has 0 aromatic carbocycles. The third kappa shape index (κ3) is 6.35. The fourth-order valence-corrected chi connectivity index (χ4v) is 1.74. The number of hydrogen-bond acceptors (Lipinski definition) is 4. The lowest BCUT2D eigenvalue weighted by Crippen LogP contribution is -2.55. The monoisotopic (exact) mass is 248 g/mol. The minimum Gasteiger partial charge on any atom is -0.481 e. The minimum absolute atomic E-state index is 0.00907. The average Bonchev–Trinajstić information content (AvgIpc) is 1.96. The number of carboxylic acid groups (broad SMARTS) is 1. The second-order valence-corrected chi connectivity index (χ2v) is 5.53. The predicted octanol–water partition coefficient (Wildman–Crippen LogP) is -0.762. The van der Waals surface area contributed by atoms with Gasteiger partial charge >= 0.3 is 5.97 Å². The maximum atomic E-state index is 11.8. The van der Waals surface area contributed by atoms with Crippen LogP contribution in [0, 0.1) is 0 Å². The summed E-state index contributed by atoms with van der Waals surface area (Å²) in [5.41, 5.74) is -1.93. The molecule has 0 spiro atoms.